The van der Waals surface area contributed by atoms with Gasteiger partial charge >= 0.3 is 11.9 Å². The summed E-state index contributed by atoms with van der Waals surface area (Å²) in [6, 6.07) is 8.92. The number of hydrogen-bond donors (Lipinski definition) is 0. The molecular formula is C23H22O3. The van der Waals surface area contributed by atoms with Crippen LogP contribution in [0.15, 0.2) is 58.7 Å². The summed E-state index contributed by atoms with van der Waals surface area (Å²) in [4.78, 5) is 24.7. The Kier molecular flexibility index (Phi) is 3.53. The molecule has 0 unspecified atom stereocenters. The molecule has 3 atom stereocenters. The molecule has 0 aromatic heterocycles. The van der Waals surface area contributed by atoms with Gasteiger partial charge in [0.2, 0.25) is 0 Å². The van der Waals surface area contributed by atoms with Crippen molar-refractivity contribution in [1.29, 1.82) is 0 Å². The molecule has 4 bridgehead atoms. The average molecular weight is 346 g/mol. The maximum Gasteiger partial charge on any atom is 0.318 e. The zero-order chi connectivity index (χ0) is 17.8. The lowest BCUT2D eigenvalue weighted by Gasteiger charge is -2.38. The molecule has 1 aromatic rings. The fraction of sp³-hybridized carbons (Fsp3) is 0.391. The molecule has 132 valence electrons. The number of benzene rings is 1. The first kappa shape index (κ1) is 15.8. The van der Waals surface area contributed by atoms with Gasteiger partial charge in [-0.15, -0.1) is 0 Å². The van der Waals surface area contributed by atoms with Gasteiger partial charge in [-0.1, -0.05) is 47.6 Å². The van der Waals surface area contributed by atoms with Crippen molar-refractivity contribution in [2.45, 2.75) is 39.0 Å². The van der Waals surface area contributed by atoms with Crippen LogP contribution in [0.4, 0.5) is 0 Å². The zero-order valence-corrected chi connectivity index (χ0v) is 15.0. The lowest BCUT2D eigenvalue weighted by Crippen LogP contribution is -2.35. The van der Waals surface area contributed by atoms with Crippen molar-refractivity contribution < 1.29 is 14.3 Å². The summed E-state index contributed by atoms with van der Waals surface area (Å²) < 4.78 is 5.05. The number of esters is 2. The number of ether oxygens (including phenoxy) is 1. The maximum absolute atomic E-state index is 12.5. The summed E-state index contributed by atoms with van der Waals surface area (Å²) in [6.45, 7) is 2.13. The first-order chi connectivity index (χ1) is 12.6. The van der Waals surface area contributed by atoms with Gasteiger partial charge in [-0.25, -0.2) is 0 Å². The molecule has 0 saturated carbocycles. The van der Waals surface area contributed by atoms with Crippen LogP contribution < -0.4 is 0 Å². The highest BCUT2D eigenvalue weighted by molar-refractivity contribution is 5.98. The van der Waals surface area contributed by atoms with Crippen molar-refractivity contribution in [3.8, 4) is 0 Å². The minimum absolute atomic E-state index is 0.0178. The molecule has 0 spiro atoms. The number of cyclic esters (lactones) is 2. The first-order valence-corrected chi connectivity index (χ1v) is 9.55. The highest BCUT2D eigenvalue weighted by Crippen LogP contribution is 2.51. The lowest BCUT2D eigenvalue weighted by molar-refractivity contribution is -0.153. The molecule has 3 nitrogen and oxygen atoms in total. The number of aryl methyl sites for hydroxylation is 2. The Labute approximate surface area is 153 Å². The number of hydrogen-bond acceptors (Lipinski definition) is 3. The van der Waals surface area contributed by atoms with Gasteiger partial charge in [-0.2, -0.15) is 0 Å². The van der Waals surface area contributed by atoms with E-state index in [-0.39, 0.29) is 29.7 Å². The van der Waals surface area contributed by atoms with Crippen LogP contribution in [0.3, 0.4) is 0 Å². The van der Waals surface area contributed by atoms with E-state index < -0.39 is 0 Å². The van der Waals surface area contributed by atoms with Crippen LogP contribution in [0.25, 0.3) is 0 Å². The van der Waals surface area contributed by atoms with Gasteiger partial charge in [0, 0.05) is 5.92 Å². The number of carbonyl (C=O) groups excluding carboxylic acids is 2. The molecule has 8 rings (SSSR count). The van der Waals surface area contributed by atoms with Crippen molar-refractivity contribution in [3.63, 3.8) is 0 Å². The van der Waals surface area contributed by atoms with Gasteiger partial charge in [0.05, 0.1) is 11.8 Å². The highest BCUT2D eigenvalue weighted by atomic mass is 16.6. The van der Waals surface area contributed by atoms with E-state index in [1.54, 1.807) is 0 Å². The summed E-state index contributed by atoms with van der Waals surface area (Å²) in [5.74, 6) is -1.27. The van der Waals surface area contributed by atoms with Crippen LogP contribution in [0, 0.1) is 17.8 Å². The van der Waals surface area contributed by atoms with Gasteiger partial charge in [0.25, 0.3) is 0 Å². The van der Waals surface area contributed by atoms with Crippen LogP contribution in [-0.2, 0) is 27.2 Å². The van der Waals surface area contributed by atoms with E-state index in [1.165, 1.54) is 33.4 Å². The molecule has 1 saturated heterocycles. The summed E-state index contributed by atoms with van der Waals surface area (Å²) in [6.07, 6.45) is 8.94. The molecule has 7 aliphatic rings. The third kappa shape index (κ3) is 2.33. The number of rotatable bonds is 0. The third-order valence-electron chi connectivity index (χ3n) is 6.52. The van der Waals surface area contributed by atoms with Gasteiger partial charge in [0.15, 0.2) is 0 Å². The molecule has 0 amide bonds. The Bertz CT molecular complexity index is 898. The quantitative estimate of drug-likeness (QED) is 0.525. The summed E-state index contributed by atoms with van der Waals surface area (Å²) in [5.41, 5.74) is 7.84. The SMILES string of the molecule is CC1=C2C3=CC=C(CCc4ccc(cc4)CC3)[C@H]2[C@H]2C(=O)OC(=O)[C@H]2C1. The topological polar surface area (TPSA) is 43.4 Å². The normalized spacial score (nSPS) is 30.1. The zero-order valence-electron chi connectivity index (χ0n) is 15.0. The molecular weight excluding hydrogens is 324 g/mol. The molecule has 1 fully saturated rings. The predicted octanol–water partition coefficient (Wildman–Crippen LogP) is 4.08. The number of carbonyl (C=O) groups is 2. The van der Waals surface area contributed by atoms with Crippen LogP contribution in [0.1, 0.15) is 37.3 Å². The summed E-state index contributed by atoms with van der Waals surface area (Å²) in [5, 5.41) is 0. The molecule has 3 heteroatoms. The van der Waals surface area contributed by atoms with Crippen molar-refractivity contribution >= 4 is 11.9 Å². The molecule has 26 heavy (non-hydrogen) atoms. The third-order valence-corrected chi connectivity index (χ3v) is 6.52. The second-order valence-corrected chi connectivity index (χ2v) is 8.00. The molecule has 1 aliphatic heterocycles. The standard InChI is InChI=1S/C23H22O3/c1-13-12-18-21(23(25)26-22(18)24)20-17-9-7-15-4-2-14(3-5-15)6-8-16(10-11-17)19(13)20/h2-5,10-11,18,20-21H,6-9,12H2,1H3/t18-,20+,21-/m0/s1. The molecule has 1 heterocycles. The lowest BCUT2D eigenvalue weighted by atomic mass is 9.63. The van der Waals surface area contributed by atoms with Crippen LogP contribution in [0.5, 0.6) is 0 Å². The van der Waals surface area contributed by atoms with Crippen LogP contribution >= 0.6 is 0 Å². The minimum Gasteiger partial charge on any atom is -0.393 e. The first-order valence-electron chi connectivity index (χ1n) is 9.55. The van der Waals surface area contributed by atoms with E-state index in [0.29, 0.717) is 6.42 Å². The van der Waals surface area contributed by atoms with E-state index in [4.69, 9.17) is 4.74 Å². The van der Waals surface area contributed by atoms with E-state index in [0.717, 1.165) is 25.7 Å². The average Bonchev–Trinajstić information content (AvgIpc) is 2.91. The van der Waals surface area contributed by atoms with Gasteiger partial charge in [-0.05, 0) is 61.3 Å². The van der Waals surface area contributed by atoms with Crippen molar-refractivity contribution in [1.82, 2.24) is 0 Å². The Morgan fingerprint density at radius 3 is 2.31 bits per heavy atom. The smallest absolute Gasteiger partial charge is 0.318 e. The van der Waals surface area contributed by atoms with Crippen molar-refractivity contribution in [3.05, 3.63) is 69.8 Å². The van der Waals surface area contributed by atoms with E-state index in [1.807, 2.05) is 0 Å². The fourth-order valence-electron chi connectivity index (χ4n) is 5.21. The van der Waals surface area contributed by atoms with Gasteiger partial charge in [-0.3, -0.25) is 9.59 Å². The Morgan fingerprint density at radius 1 is 0.885 bits per heavy atom. The Morgan fingerprint density at radius 2 is 1.58 bits per heavy atom. The Hall–Kier alpha value is -2.42. The highest BCUT2D eigenvalue weighted by Gasteiger charge is 2.53. The van der Waals surface area contributed by atoms with E-state index in [2.05, 4.69) is 43.3 Å². The number of fused-ring (bicyclic) bond motifs is 1. The summed E-state index contributed by atoms with van der Waals surface area (Å²) >= 11 is 0. The summed E-state index contributed by atoms with van der Waals surface area (Å²) in [7, 11) is 0. The molecule has 0 N–H and O–H groups in total. The van der Waals surface area contributed by atoms with Gasteiger partial charge in [0.1, 0.15) is 0 Å². The maximum atomic E-state index is 12.5. The van der Waals surface area contributed by atoms with E-state index >= 15 is 0 Å². The number of allylic oxidation sites excluding steroid dienone is 6. The Balaban J connectivity index is 1.63. The van der Waals surface area contributed by atoms with Crippen LogP contribution in [-0.4, -0.2) is 11.9 Å². The van der Waals surface area contributed by atoms with Crippen molar-refractivity contribution in [2.24, 2.45) is 17.8 Å². The fourth-order valence-corrected chi connectivity index (χ4v) is 5.21. The second-order valence-electron chi connectivity index (χ2n) is 8.00. The van der Waals surface area contributed by atoms with Crippen molar-refractivity contribution in [2.75, 3.05) is 0 Å². The molecule has 6 aliphatic carbocycles. The van der Waals surface area contributed by atoms with Gasteiger partial charge < -0.3 is 4.74 Å². The minimum atomic E-state index is -0.333. The largest absolute Gasteiger partial charge is 0.393 e. The predicted molar refractivity (Wildman–Crippen MR) is 98.1 cm³/mol. The molecule has 0 radical (unpaired) electrons. The van der Waals surface area contributed by atoms with Crippen LogP contribution in [0.2, 0.25) is 0 Å². The van der Waals surface area contributed by atoms with E-state index in [9.17, 15) is 9.59 Å². The second kappa shape index (κ2) is 5.80. The monoisotopic (exact) mass is 346 g/mol. The molecule has 1 aromatic carbocycles.